The van der Waals surface area contributed by atoms with Crippen molar-refractivity contribution in [3.05, 3.63) is 68.7 Å². The molecule has 2 rings (SSSR count). The summed E-state index contributed by atoms with van der Waals surface area (Å²) in [6.45, 7) is 4.07. The average molecular weight is 304 g/mol. The summed E-state index contributed by atoms with van der Waals surface area (Å²) in [7, 11) is 0. The van der Waals surface area contributed by atoms with E-state index in [1.165, 1.54) is 5.56 Å². The number of nitriles is 1. The molecule has 0 N–H and O–H groups in total. The molecule has 0 saturated heterocycles. The van der Waals surface area contributed by atoms with E-state index < -0.39 is 0 Å². The van der Waals surface area contributed by atoms with Gasteiger partial charge in [0.2, 0.25) is 0 Å². The molecule has 0 saturated carbocycles. The van der Waals surface area contributed by atoms with Gasteiger partial charge in [-0.1, -0.05) is 53.0 Å². The van der Waals surface area contributed by atoms with Crippen LogP contribution in [0.25, 0.3) is 0 Å². The summed E-state index contributed by atoms with van der Waals surface area (Å²) in [6, 6.07) is 14.1. The van der Waals surface area contributed by atoms with Gasteiger partial charge in [-0.15, -0.1) is 0 Å². The fraction of sp³-hybridized carbons (Fsp3) is 0.235. The van der Waals surface area contributed by atoms with Crippen molar-refractivity contribution in [2.24, 2.45) is 0 Å². The second-order valence-corrected chi connectivity index (χ2v) is 5.81. The van der Waals surface area contributed by atoms with E-state index >= 15 is 0 Å². The van der Waals surface area contributed by atoms with Crippen molar-refractivity contribution in [2.45, 2.75) is 26.2 Å². The zero-order valence-corrected chi connectivity index (χ0v) is 13.0. The summed E-state index contributed by atoms with van der Waals surface area (Å²) in [5.74, 6) is -0.174. The van der Waals surface area contributed by atoms with Gasteiger partial charge in [0.15, 0.2) is 0 Å². The molecule has 1 atom stereocenters. The van der Waals surface area contributed by atoms with Crippen LogP contribution in [0.3, 0.4) is 0 Å². The smallest absolute Gasteiger partial charge is 0.0755 e. The van der Waals surface area contributed by atoms with Gasteiger partial charge in [-0.05, 0) is 49.1 Å². The Labute approximate surface area is 129 Å². The summed E-state index contributed by atoms with van der Waals surface area (Å²) in [5, 5.41) is 10.5. The first-order valence-corrected chi connectivity index (χ1v) is 7.17. The minimum atomic E-state index is -0.174. The van der Waals surface area contributed by atoms with Crippen LogP contribution in [0.1, 0.15) is 28.2 Å². The van der Waals surface area contributed by atoms with Crippen molar-refractivity contribution >= 4 is 23.2 Å². The van der Waals surface area contributed by atoms with Crippen LogP contribution in [0.2, 0.25) is 10.0 Å². The van der Waals surface area contributed by atoms with E-state index in [1.807, 2.05) is 26.0 Å². The number of nitrogens with zero attached hydrogens (tertiary/aromatic N) is 1. The molecule has 2 aromatic rings. The molecule has 3 heteroatoms. The molecule has 0 bridgehead atoms. The number of aryl methyl sites for hydroxylation is 2. The lowest BCUT2D eigenvalue weighted by atomic mass is 9.89. The zero-order chi connectivity index (χ0) is 14.7. The fourth-order valence-electron chi connectivity index (χ4n) is 2.26. The van der Waals surface area contributed by atoms with Gasteiger partial charge >= 0.3 is 0 Å². The van der Waals surface area contributed by atoms with Gasteiger partial charge in [0, 0.05) is 0 Å². The number of rotatable bonds is 3. The molecule has 0 aliphatic carbocycles. The number of halogens is 2. The largest absolute Gasteiger partial charge is 0.198 e. The Morgan fingerprint density at radius 3 is 2.45 bits per heavy atom. The Morgan fingerprint density at radius 2 is 1.80 bits per heavy atom. The van der Waals surface area contributed by atoms with Crippen LogP contribution in [0.15, 0.2) is 36.4 Å². The summed E-state index contributed by atoms with van der Waals surface area (Å²) >= 11 is 11.9. The van der Waals surface area contributed by atoms with Crippen molar-refractivity contribution in [3.8, 4) is 6.07 Å². The van der Waals surface area contributed by atoms with E-state index in [0.717, 1.165) is 16.7 Å². The molecule has 20 heavy (non-hydrogen) atoms. The fourth-order valence-corrected chi connectivity index (χ4v) is 2.58. The van der Waals surface area contributed by atoms with E-state index in [-0.39, 0.29) is 5.92 Å². The van der Waals surface area contributed by atoms with E-state index in [9.17, 15) is 5.26 Å². The van der Waals surface area contributed by atoms with Crippen molar-refractivity contribution in [3.63, 3.8) is 0 Å². The summed E-state index contributed by atoms with van der Waals surface area (Å²) in [4.78, 5) is 0. The highest BCUT2D eigenvalue weighted by Gasteiger charge is 2.15. The van der Waals surface area contributed by atoms with Crippen LogP contribution in [0.4, 0.5) is 0 Å². The zero-order valence-electron chi connectivity index (χ0n) is 11.5. The minimum Gasteiger partial charge on any atom is -0.198 e. The highest BCUT2D eigenvalue weighted by Crippen LogP contribution is 2.28. The average Bonchev–Trinajstić information content (AvgIpc) is 2.43. The molecule has 0 aliphatic heterocycles. The first kappa shape index (κ1) is 14.9. The second-order valence-electron chi connectivity index (χ2n) is 4.99. The molecular weight excluding hydrogens is 289 g/mol. The molecule has 0 heterocycles. The molecular formula is C17H15Cl2N. The first-order valence-electron chi connectivity index (χ1n) is 6.42. The molecule has 0 aliphatic rings. The Bertz CT molecular complexity index is 671. The van der Waals surface area contributed by atoms with Crippen LogP contribution < -0.4 is 0 Å². The van der Waals surface area contributed by atoms with Gasteiger partial charge in [0.25, 0.3) is 0 Å². The first-order chi connectivity index (χ1) is 9.51. The number of hydrogen-bond donors (Lipinski definition) is 0. The lowest BCUT2D eigenvalue weighted by Gasteiger charge is -2.14. The van der Waals surface area contributed by atoms with Crippen LogP contribution >= 0.6 is 23.2 Å². The predicted molar refractivity (Wildman–Crippen MR) is 84.4 cm³/mol. The topological polar surface area (TPSA) is 23.8 Å². The minimum absolute atomic E-state index is 0.174. The number of benzene rings is 2. The third-order valence-electron chi connectivity index (χ3n) is 3.39. The normalized spacial score (nSPS) is 11.9. The standard InChI is InChI=1S/C17H15Cl2N/c1-11-3-4-12(2)15(7-11)14(10-20)8-13-5-6-16(18)17(19)9-13/h3-7,9,14H,8H2,1-2H3. The van der Waals surface area contributed by atoms with E-state index in [1.54, 1.807) is 6.07 Å². The Morgan fingerprint density at radius 1 is 1.05 bits per heavy atom. The predicted octanol–water partition coefficient (Wildman–Crippen LogP) is 5.46. The lowest BCUT2D eigenvalue weighted by molar-refractivity contribution is 0.840. The Balaban J connectivity index is 2.31. The highest BCUT2D eigenvalue weighted by molar-refractivity contribution is 6.42. The summed E-state index contributed by atoms with van der Waals surface area (Å²) in [6.07, 6.45) is 0.637. The van der Waals surface area contributed by atoms with Gasteiger partial charge < -0.3 is 0 Å². The molecule has 1 unspecified atom stereocenters. The maximum Gasteiger partial charge on any atom is 0.0755 e. The molecule has 0 radical (unpaired) electrons. The highest BCUT2D eigenvalue weighted by atomic mass is 35.5. The lowest BCUT2D eigenvalue weighted by Crippen LogP contribution is -2.03. The molecule has 102 valence electrons. The van der Waals surface area contributed by atoms with Crippen molar-refractivity contribution in [1.29, 1.82) is 5.26 Å². The van der Waals surface area contributed by atoms with E-state index in [0.29, 0.717) is 16.5 Å². The van der Waals surface area contributed by atoms with Gasteiger partial charge in [-0.3, -0.25) is 0 Å². The van der Waals surface area contributed by atoms with Gasteiger partial charge in [-0.25, -0.2) is 0 Å². The van der Waals surface area contributed by atoms with Crippen molar-refractivity contribution in [1.82, 2.24) is 0 Å². The molecule has 0 aromatic heterocycles. The summed E-state index contributed by atoms with van der Waals surface area (Å²) < 4.78 is 0. The quantitative estimate of drug-likeness (QED) is 0.738. The maximum atomic E-state index is 9.47. The van der Waals surface area contributed by atoms with Crippen LogP contribution in [0, 0.1) is 25.2 Å². The molecule has 0 fully saturated rings. The monoisotopic (exact) mass is 303 g/mol. The van der Waals surface area contributed by atoms with Crippen molar-refractivity contribution in [2.75, 3.05) is 0 Å². The Hall–Kier alpha value is -1.49. The SMILES string of the molecule is Cc1ccc(C)c(C(C#N)Cc2ccc(Cl)c(Cl)c2)c1. The molecule has 2 aromatic carbocycles. The van der Waals surface area contributed by atoms with Crippen LogP contribution in [-0.2, 0) is 6.42 Å². The third-order valence-corrected chi connectivity index (χ3v) is 4.13. The molecule has 0 amide bonds. The van der Waals surface area contributed by atoms with Crippen LogP contribution in [0.5, 0.6) is 0 Å². The van der Waals surface area contributed by atoms with Gasteiger partial charge in [0.05, 0.1) is 22.0 Å². The Kier molecular flexibility index (Phi) is 4.70. The van der Waals surface area contributed by atoms with Crippen LogP contribution in [-0.4, -0.2) is 0 Å². The van der Waals surface area contributed by atoms with E-state index in [2.05, 4.69) is 24.3 Å². The number of hydrogen-bond acceptors (Lipinski definition) is 1. The molecule has 1 nitrogen and oxygen atoms in total. The molecule has 0 spiro atoms. The van der Waals surface area contributed by atoms with Gasteiger partial charge in [0.1, 0.15) is 0 Å². The van der Waals surface area contributed by atoms with Crippen molar-refractivity contribution < 1.29 is 0 Å². The van der Waals surface area contributed by atoms with Gasteiger partial charge in [-0.2, -0.15) is 5.26 Å². The third kappa shape index (κ3) is 3.33. The summed E-state index contributed by atoms with van der Waals surface area (Å²) in [5.41, 5.74) is 4.41. The van der Waals surface area contributed by atoms with E-state index in [4.69, 9.17) is 23.2 Å². The maximum absolute atomic E-state index is 9.47. The second kappa shape index (κ2) is 6.31.